The number of para-hydroxylation sites is 1. The molecule has 7 heteroatoms. The molecular weight excluding hydrogens is 428 g/mol. The van der Waals surface area contributed by atoms with Crippen LogP contribution in [0, 0.1) is 25.2 Å². The number of nitrogens with zero attached hydrogens (tertiary/aromatic N) is 3. The lowest BCUT2D eigenvalue weighted by Crippen LogP contribution is -2.20. The van der Waals surface area contributed by atoms with E-state index in [9.17, 15) is 0 Å². The summed E-state index contributed by atoms with van der Waals surface area (Å²) in [5.41, 5.74) is 7.92. The highest BCUT2D eigenvalue weighted by Gasteiger charge is 2.18. The van der Waals surface area contributed by atoms with Gasteiger partial charge in [0.15, 0.2) is 0 Å². The highest BCUT2D eigenvalue weighted by atomic mass is 32.1. The molecule has 1 aromatic carbocycles. The first kappa shape index (κ1) is 32.5. The van der Waals surface area contributed by atoms with Gasteiger partial charge in [0, 0.05) is 13.6 Å². The van der Waals surface area contributed by atoms with Crippen molar-refractivity contribution in [2.75, 3.05) is 30.8 Å². The van der Waals surface area contributed by atoms with E-state index in [1.54, 1.807) is 11.3 Å². The molecule has 33 heavy (non-hydrogen) atoms. The number of nitrogens with two attached hydrogens (primary N) is 1. The molecule has 4 N–H and O–H groups in total. The number of benzene rings is 1. The van der Waals surface area contributed by atoms with Crippen molar-refractivity contribution in [1.29, 1.82) is 0 Å². The highest BCUT2D eigenvalue weighted by molar-refractivity contribution is 7.21. The molecule has 0 atom stereocenters. The lowest BCUT2D eigenvalue weighted by atomic mass is 9.97. The van der Waals surface area contributed by atoms with Crippen LogP contribution < -0.4 is 16.4 Å². The predicted molar refractivity (Wildman–Crippen MR) is 150 cm³/mol. The molecule has 0 aliphatic carbocycles. The molecule has 0 aliphatic rings. The molecule has 0 fully saturated rings. The first-order valence-corrected chi connectivity index (χ1v) is 12.3. The van der Waals surface area contributed by atoms with Crippen LogP contribution in [0.5, 0.6) is 0 Å². The maximum absolute atomic E-state index is 4.85. The third-order valence-corrected chi connectivity index (χ3v) is 4.67. The van der Waals surface area contributed by atoms with Crippen molar-refractivity contribution in [2.24, 2.45) is 11.1 Å². The number of rotatable bonds is 4. The Morgan fingerprint density at radius 3 is 2.03 bits per heavy atom. The molecule has 6 nitrogen and oxygen atoms in total. The SMILES string of the molecule is C#C.CC.CC.CCN.CNc1nc(NCC(C)(C)C)nc(C)c1-c1nc2ccccc2s1. The van der Waals surface area contributed by atoms with E-state index >= 15 is 0 Å². The van der Waals surface area contributed by atoms with Gasteiger partial charge in [-0.1, -0.05) is 67.5 Å². The molecule has 2 aromatic heterocycles. The third kappa shape index (κ3) is 11.1. The monoisotopic (exact) mass is 472 g/mol. The zero-order valence-electron chi connectivity index (χ0n) is 22.2. The Morgan fingerprint density at radius 2 is 1.55 bits per heavy atom. The van der Waals surface area contributed by atoms with Crippen molar-refractivity contribution in [3.05, 3.63) is 30.0 Å². The van der Waals surface area contributed by atoms with Crippen LogP contribution in [0.2, 0.25) is 0 Å². The average Bonchev–Trinajstić information content (AvgIpc) is 3.25. The van der Waals surface area contributed by atoms with Crippen LogP contribution in [0.1, 0.15) is 61.1 Å². The van der Waals surface area contributed by atoms with Gasteiger partial charge in [-0.05, 0) is 31.0 Å². The van der Waals surface area contributed by atoms with Gasteiger partial charge < -0.3 is 16.4 Å². The van der Waals surface area contributed by atoms with Gasteiger partial charge in [-0.25, -0.2) is 9.97 Å². The van der Waals surface area contributed by atoms with Crippen LogP contribution in [0.25, 0.3) is 20.8 Å². The molecule has 3 aromatic rings. The van der Waals surface area contributed by atoms with Crippen molar-refractivity contribution < 1.29 is 0 Å². The number of hydrogen-bond donors (Lipinski definition) is 3. The fraction of sp³-hybridized carbons (Fsp3) is 0.500. The average molecular weight is 473 g/mol. The topological polar surface area (TPSA) is 88.8 Å². The smallest absolute Gasteiger partial charge is 0.224 e. The number of hydrogen-bond acceptors (Lipinski definition) is 7. The molecular formula is C26H44N6S. The minimum absolute atomic E-state index is 0.169. The largest absolute Gasteiger partial charge is 0.372 e. The van der Waals surface area contributed by atoms with Crippen molar-refractivity contribution in [2.45, 2.75) is 62.3 Å². The number of aryl methyl sites for hydroxylation is 1. The Bertz CT molecular complexity index is 892. The molecule has 184 valence electrons. The molecule has 0 saturated carbocycles. The van der Waals surface area contributed by atoms with Crippen LogP contribution >= 0.6 is 11.3 Å². The summed E-state index contributed by atoms with van der Waals surface area (Å²) in [6.45, 7) is 20.0. The highest BCUT2D eigenvalue weighted by Crippen LogP contribution is 2.35. The number of anilines is 2. The maximum Gasteiger partial charge on any atom is 0.224 e. The molecule has 0 saturated heterocycles. The van der Waals surface area contributed by atoms with Crippen LogP contribution in [-0.2, 0) is 0 Å². The quantitative estimate of drug-likeness (QED) is 0.361. The Hall–Kier alpha value is -2.69. The van der Waals surface area contributed by atoms with E-state index in [4.69, 9.17) is 10.7 Å². The summed E-state index contributed by atoms with van der Waals surface area (Å²) in [4.78, 5) is 14.0. The number of thiazole rings is 1. The minimum Gasteiger partial charge on any atom is -0.372 e. The molecule has 2 heterocycles. The summed E-state index contributed by atoms with van der Waals surface area (Å²) in [6, 6.07) is 8.16. The second-order valence-corrected chi connectivity index (χ2v) is 8.45. The zero-order chi connectivity index (χ0) is 26.0. The molecule has 3 rings (SSSR count). The Labute approximate surface area is 205 Å². The van der Waals surface area contributed by atoms with Crippen LogP contribution in [-0.4, -0.2) is 35.1 Å². The molecule has 0 bridgehead atoms. The van der Waals surface area contributed by atoms with Gasteiger partial charge >= 0.3 is 0 Å². The number of aromatic nitrogens is 3. The Morgan fingerprint density at radius 1 is 1.00 bits per heavy atom. The van der Waals surface area contributed by atoms with Gasteiger partial charge in [-0.3, -0.25) is 0 Å². The van der Waals surface area contributed by atoms with Crippen molar-refractivity contribution in [3.8, 4) is 23.4 Å². The van der Waals surface area contributed by atoms with Crippen molar-refractivity contribution in [1.82, 2.24) is 15.0 Å². The van der Waals surface area contributed by atoms with E-state index in [2.05, 4.69) is 60.3 Å². The summed E-state index contributed by atoms with van der Waals surface area (Å²) < 4.78 is 1.17. The van der Waals surface area contributed by atoms with Crippen LogP contribution in [0.3, 0.4) is 0 Å². The molecule has 0 unspecified atom stereocenters. The van der Waals surface area contributed by atoms with Gasteiger partial charge in [0.1, 0.15) is 10.8 Å². The fourth-order valence-electron chi connectivity index (χ4n) is 2.41. The van der Waals surface area contributed by atoms with Gasteiger partial charge in [-0.15, -0.1) is 24.2 Å². The van der Waals surface area contributed by atoms with Gasteiger partial charge in [0.2, 0.25) is 5.95 Å². The maximum atomic E-state index is 4.85. The first-order valence-electron chi connectivity index (χ1n) is 11.5. The summed E-state index contributed by atoms with van der Waals surface area (Å²) in [5, 5.41) is 7.46. The van der Waals surface area contributed by atoms with Crippen molar-refractivity contribution in [3.63, 3.8) is 0 Å². The summed E-state index contributed by atoms with van der Waals surface area (Å²) >= 11 is 1.67. The van der Waals surface area contributed by atoms with Crippen LogP contribution in [0.4, 0.5) is 11.8 Å². The molecule has 0 aliphatic heterocycles. The van der Waals surface area contributed by atoms with E-state index in [1.165, 1.54) is 4.70 Å². The molecule has 0 radical (unpaired) electrons. The van der Waals surface area contributed by atoms with Gasteiger partial charge in [0.25, 0.3) is 0 Å². The fourth-order valence-corrected chi connectivity index (χ4v) is 3.48. The third-order valence-electron chi connectivity index (χ3n) is 3.61. The Kier molecular flexibility index (Phi) is 17.5. The van der Waals surface area contributed by atoms with E-state index in [-0.39, 0.29) is 5.41 Å². The van der Waals surface area contributed by atoms with E-state index < -0.39 is 0 Å². The summed E-state index contributed by atoms with van der Waals surface area (Å²) in [5.74, 6) is 1.45. The van der Waals surface area contributed by atoms with Gasteiger partial charge in [-0.2, -0.15) is 4.98 Å². The number of fused-ring (bicyclic) bond motifs is 1. The van der Waals surface area contributed by atoms with E-state index in [0.717, 1.165) is 40.7 Å². The lowest BCUT2D eigenvalue weighted by Gasteiger charge is -2.19. The standard InChI is InChI=1S/C18H23N5S.C2H7N.2C2H6.C2H2/c1-11-14(16-22-12-8-6-7-9-13(12)24-16)15(19-5)23-17(21-11)20-10-18(2,3)4;1-2-3;3*1-2/h6-9H,10H2,1-5H3,(H2,19,20,21,23);2-3H2,1H3;2*1-2H3;1-2H. The molecule has 0 amide bonds. The zero-order valence-corrected chi connectivity index (χ0v) is 23.0. The second kappa shape index (κ2) is 17.8. The second-order valence-electron chi connectivity index (χ2n) is 7.42. The lowest BCUT2D eigenvalue weighted by molar-refractivity contribution is 0.442. The van der Waals surface area contributed by atoms with E-state index in [0.29, 0.717) is 5.95 Å². The number of nitrogens with one attached hydrogen (secondary N) is 2. The van der Waals surface area contributed by atoms with E-state index in [1.807, 2.05) is 66.8 Å². The number of terminal acetylenes is 1. The molecule has 0 spiro atoms. The predicted octanol–water partition coefficient (Wildman–Crippen LogP) is 6.83. The summed E-state index contributed by atoms with van der Waals surface area (Å²) in [6.07, 6.45) is 8.00. The minimum atomic E-state index is 0.169. The normalized spacial score (nSPS) is 9.48. The summed E-state index contributed by atoms with van der Waals surface area (Å²) in [7, 11) is 1.88. The first-order chi connectivity index (χ1) is 15.8. The Balaban J connectivity index is 0. The van der Waals surface area contributed by atoms with Gasteiger partial charge in [0.05, 0.1) is 21.5 Å². The van der Waals surface area contributed by atoms with Crippen molar-refractivity contribution >= 4 is 33.3 Å². The van der Waals surface area contributed by atoms with Crippen LogP contribution in [0.15, 0.2) is 24.3 Å².